The van der Waals surface area contributed by atoms with Gasteiger partial charge in [0.25, 0.3) is 0 Å². The van der Waals surface area contributed by atoms with Crippen LogP contribution < -0.4 is 0 Å². The molecule has 3 atom stereocenters. The zero-order valence-corrected chi connectivity index (χ0v) is 9.54. The van der Waals surface area contributed by atoms with Crippen LogP contribution in [-0.2, 0) is 4.79 Å². The summed E-state index contributed by atoms with van der Waals surface area (Å²) in [5.41, 5.74) is 0. The SMILES string of the molecule is CN(CCC(O)O)C(=O)C1CC2C=CC1C2. The molecule has 2 N–H and O–H groups in total. The van der Waals surface area contributed by atoms with Gasteiger partial charge < -0.3 is 15.1 Å². The minimum atomic E-state index is -1.32. The van der Waals surface area contributed by atoms with Crippen molar-refractivity contribution in [1.29, 1.82) is 0 Å². The number of carbonyl (C=O) groups excluding carboxylic acids is 1. The molecule has 1 fully saturated rings. The first-order valence-corrected chi connectivity index (χ1v) is 5.87. The summed E-state index contributed by atoms with van der Waals surface area (Å²) in [5, 5.41) is 17.5. The Morgan fingerprint density at radius 1 is 1.44 bits per heavy atom. The van der Waals surface area contributed by atoms with Crippen molar-refractivity contribution in [3.8, 4) is 0 Å². The molecule has 0 heterocycles. The quantitative estimate of drug-likeness (QED) is 0.536. The van der Waals surface area contributed by atoms with E-state index in [1.165, 1.54) is 0 Å². The molecule has 0 radical (unpaired) electrons. The van der Waals surface area contributed by atoms with Crippen molar-refractivity contribution in [2.75, 3.05) is 13.6 Å². The maximum atomic E-state index is 12.1. The second kappa shape index (κ2) is 4.55. The van der Waals surface area contributed by atoms with E-state index >= 15 is 0 Å². The number of carbonyl (C=O) groups is 1. The topological polar surface area (TPSA) is 60.8 Å². The summed E-state index contributed by atoms with van der Waals surface area (Å²) in [6, 6.07) is 0. The Labute approximate surface area is 95.6 Å². The molecule has 1 amide bonds. The molecular weight excluding hydrogens is 206 g/mol. The third kappa shape index (κ3) is 2.28. The molecule has 2 aliphatic rings. The second-order valence-corrected chi connectivity index (χ2v) is 4.92. The Morgan fingerprint density at radius 2 is 2.19 bits per heavy atom. The molecule has 0 spiro atoms. The van der Waals surface area contributed by atoms with Crippen molar-refractivity contribution in [2.45, 2.75) is 25.6 Å². The minimum absolute atomic E-state index is 0.121. The summed E-state index contributed by atoms with van der Waals surface area (Å²) in [6.45, 7) is 0.411. The fourth-order valence-corrected chi connectivity index (χ4v) is 2.77. The highest BCUT2D eigenvalue weighted by molar-refractivity contribution is 5.79. The zero-order chi connectivity index (χ0) is 11.7. The molecule has 0 aromatic rings. The lowest BCUT2D eigenvalue weighted by Crippen LogP contribution is -2.36. The highest BCUT2D eigenvalue weighted by atomic mass is 16.5. The third-order valence-electron chi connectivity index (χ3n) is 3.70. The van der Waals surface area contributed by atoms with Crippen LogP contribution in [0.3, 0.4) is 0 Å². The van der Waals surface area contributed by atoms with Crippen molar-refractivity contribution in [1.82, 2.24) is 4.90 Å². The lowest BCUT2D eigenvalue weighted by atomic mass is 9.92. The maximum absolute atomic E-state index is 12.1. The molecule has 4 heteroatoms. The maximum Gasteiger partial charge on any atom is 0.226 e. The molecule has 2 bridgehead atoms. The highest BCUT2D eigenvalue weighted by Gasteiger charge is 2.40. The van der Waals surface area contributed by atoms with Gasteiger partial charge in [0.2, 0.25) is 5.91 Å². The lowest BCUT2D eigenvalue weighted by Gasteiger charge is -2.25. The van der Waals surface area contributed by atoms with E-state index in [-0.39, 0.29) is 18.2 Å². The van der Waals surface area contributed by atoms with Crippen LogP contribution in [0.1, 0.15) is 19.3 Å². The second-order valence-electron chi connectivity index (χ2n) is 4.92. The molecule has 2 rings (SSSR count). The van der Waals surface area contributed by atoms with E-state index in [0.29, 0.717) is 18.4 Å². The van der Waals surface area contributed by atoms with Crippen LogP contribution in [0, 0.1) is 17.8 Å². The number of aliphatic hydroxyl groups excluding tert-OH is 1. The first kappa shape index (κ1) is 11.6. The van der Waals surface area contributed by atoms with Crippen molar-refractivity contribution >= 4 is 5.91 Å². The van der Waals surface area contributed by atoms with Crippen molar-refractivity contribution in [3.05, 3.63) is 12.2 Å². The van der Waals surface area contributed by atoms with E-state index < -0.39 is 6.29 Å². The first-order valence-electron chi connectivity index (χ1n) is 5.87. The number of rotatable bonds is 4. The highest BCUT2D eigenvalue weighted by Crippen LogP contribution is 2.43. The predicted octanol–water partition coefficient (Wildman–Crippen LogP) is 0.358. The number of amides is 1. The predicted molar refractivity (Wildman–Crippen MR) is 59.3 cm³/mol. The Hall–Kier alpha value is -0.870. The normalized spacial score (nSPS) is 31.4. The average Bonchev–Trinajstić information content (AvgIpc) is 2.86. The van der Waals surface area contributed by atoms with Crippen LogP contribution in [0.4, 0.5) is 0 Å². The number of nitrogens with zero attached hydrogens (tertiary/aromatic N) is 1. The smallest absolute Gasteiger partial charge is 0.226 e. The van der Waals surface area contributed by atoms with E-state index in [1.54, 1.807) is 11.9 Å². The van der Waals surface area contributed by atoms with Crippen LogP contribution in [0.25, 0.3) is 0 Å². The molecule has 0 aliphatic heterocycles. The summed E-state index contributed by atoms with van der Waals surface area (Å²) in [5.74, 6) is 1.28. The van der Waals surface area contributed by atoms with Crippen molar-refractivity contribution in [3.63, 3.8) is 0 Å². The number of allylic oxidation sites excluding steroid dienone is 2. The Balaban J connectivity index is 1.85. The number of aliphatic hydroxyl groups is 2. The van der Waals surface area contributed by atoms with Gasteiger partial charge in [-0.05, 0) is 24.7 Å². The largest absolute Gasteiger partial charge is 0.368 e. The van der Waals surface area contributed by atoms with E-state index in [4.69, 9.17) is 10.2 Å². The fraction of sp³-hybridized carbons (Fsp3) is 0.750. The lowest BCUT2D eigenvalue weighted by molar-refractivity contribution is -0.136. The van der Waals surface area contributed by atoms with Gasteiger partial charge in [0, 0.05) is 25.9 Å². The molecule has 1 saturated carbocycles. The van der Waals surface area contributed by atoms with Gasteiger partial charge in [-0.15, -0.1) is 0 Å². The minimum Gasteiger partial charge on any atom is -0.368 e. The van der Waals surface area contributed by atoms with Crippen molar-refractivity contribution < 1.29 is 15.0 Å². The van der Waals surface area contributed by atoms with Gasteiger partial charge in [0.05, 0.1) is 0 Å². The van der Waals surface area contributed by atoms with Gasteiger partial charge in [0.15, 0.2) is 6.29 Å². The molecule has 0 saturated heterocycles. The molecule has 90 valence electrons. The van der Waals surface area contributed by atoms with E-state index in [2.05, 4.69) is 12.2 Å². The van der Waals surface area contributed by atoms with Gasteiger partial charge >= 0.3 is 0 Å². The zero-order valence-electron chi connectivity index (χ0n) is 9.54. The summed E-state index contributed by atoms with van der Waals surface area (Å²) >= 11 is 0. The van der Waals surface area contributed by atoms with Crippen molar-refractivity contribution in [2.24, 2.45) is 17.8 Å². The first-order chi connectivity index (χ1) is 7.58. The fourth-order valence-electron chi connectivity index (χ4n) is 2.77. The Bertz CT molecular complexity index is 301. The number of hydrogen-bond acceptors (Lipinski definition) is 3. The average molecular weight is 225 g/mol. The van der Waals surface area contributed by atoms with Gasteiger partial charge in [-0.3, -0.25) is 4.79 Å². The van der Waals surface area contributed by atoms with Gasteiger partial charge in [-0.25, -0.2) is 0 Å². The number of hydrogen-bond donors (Lipinski definition) is 2. The van der Waals surface area contributed by atoms with E-state index in [1.807, 2.05) is 0 Å². The van der Waals surface area contributed by atoms with E-state index in [0.717, 1.165) is 12.8 Å². The summed E-state index contributed by atoms with van der Waals surface area (Å²) in [4.78, 5) is 13.7. The molecule has 0 aromatic heterocycles. The third-order valence-corrected chi connectivity index (χ3v) is 3.70. The molecule has 16 heavy (non-hydrogen) atoms. The Morgan fingerprint density at radius 3 is 2.69 bits per heavy atom. The van der Waals surface area contributed by atoms with Crippen LogP contribution in [0.5, 0.6) is 0 Å². The van der Waals surface area contributed by atoms with Crippen LogP contribution in [-0.4, -0.2) is 40.9 Å². The number of fused-ring (bicyclic) bond motifs is 2. The standard InChI is InChI=1S/C12H19NO3/c1-13(5-4-11(14)15)12(16)10-7-8-2-3-9(10)6-8/h2-3,8-11,14-15H,4-7H2,1H3. The van der Waals surface area contributed by atoms with Gasteiger partial charge in [0.1, 0.15) is 0 Å². The van der Waals surface area contributed by atoms with Gasteiger partial charge in [-0.2, -0.15) is 0 Å². The monoisotopic (exact) mass is 225 g/mol. The molecule has 0 aromatic carbocycles. The van der Waals surface area contributed by atoms with Crippen LogP contribution >= 0.6 is 0 Å². The summed E-state index contributed by atoms with van der Waals surface area (Å²) < 4.78 is 0. The van der Waals surface area contributed by atoms with E-state index in [9.17, 15) is 4.79 Å². The summed E-state index contributed by atoms with van der Waals surface area (Å²) in [6.07, 6.45) is 5.35. The van der Waals surface area contributed by atoms with Crippen LogP contribution in [0.2, 0.25) is 0 Å². The molecular formula is C12H19NO3. The molecule has 4 nitrogen and oxygen atoms in total. The van der Waals surface area contributed by atoms with Crippen LogP contribution in [0.15, 0.2) is 12.2 Å². The molecule has 3 unspecified atom stereocenters. The molecule has 2 aliphatic carbocycles. The summed E-state index contributed by atoms with van der Waals surface area (Å²) in [7, 11) is 1.74. The van der Waals surface area contributed by atoms with Gasteiger partial charge in [-0.1, -0.05) is 12.2 Å². The Kier molecular flexibility index (Phi) is 3.30.